The van der Waals surface area contributed by atoms with Crippen molar-refractivity contribution in [2.24, 2.45) is 0 Å². The molecule has 0 bridgehead atoms. The van der Waals surface area contributed by atoms with Gasteiger partial charge in [0.15, 0.2) is 10.8 Å². The lowest BCUT2D eigenvalue weighted by molar-refractivity contribution is -0.137. The van der Waals surface area contributed by atoms with E-state index in [9.17, 15) is 13.2 Å². The Labute approximate surface area is 115 Å². The lowest BCUT2D eigenvalue weighted by Gasteiger charge is -2.07. The van der Waals surface area contributed by atoms with E-state index in [1.165, 1.54) is 18.5 Å². The number of H-pyrrole nitrogens is 1. The summed E-state index contributed by atoms with van der Waals surface area (Å²) in [5.41, 5.74) is 0.250. The number of hydrogen-bond acceptors (Lipinski definition) is 3. The summed E-state index contributed by atoms with van der Waals surface area (Å²) in [7, 11) is 0. The predicted octanol–water partition coefficient (Wildman–Crippen LogP) is 3.69. The van der Waals surface area contributed by atoms with Crippen LogP contribution in [-0.2, 0) is 6.18 Å². The zero-order chi connectivity index (χ0) is 14.3. The fourth-order valence-corrected chi connectivity index (χ4v) is 1.96. The Hall–Kier alpha value is -2.15. The van der Waals surface area contributed by atoms with Gasteiger partial charge in [-0.2, -0.15) is 13.2 Å². The minimum absolute atomic E-state index is 0.167. The molecule has 8 heteroatoms. The number of nitrogens with zero attached hydrogens (tertiary/aromatic N) is 3. The van der Waals surface area contributed by atoms with Gasteiger partial charge in [-0.05, 0) is 12.1 Å². The van der Waals surface area contributed by atoms with E-state index in [1.807, 2.05) is 0 Å². The number of rotatable bonds is 1. The quantitative estimate of drug-likeness (QED) is 0.697. The number of aromatic nitrogens is 4. The highest BCUT2D eigenvalue weighted by atomic mass is 35.5. The van der Waals surface area contributed by atoms with Crippen LogP contribution < -0.4 is 0 Å². The van der Waals surface area contributed by atoms with Crippen molar-refractivity contribution in [1.82, 2.24) is 19.9 Å². The van der Waals surface area contributed by atoms with E-state index in [2.05, 4.69) is 19.9 Å². The molecule has 0 aliphatic heterocycles. The third-order valence-electron chi connectivity index (χ3n) is 2.71. The Morgan fingerprint density at radius 3 is 2.65 bits per heavy atom. The van der Waals surface area contributed by atoms with Crippen molar-refractivity contribution in [3.05, 3.63) is 41.3 Å². The Balaban J connectivity index is 2.14. The topological polar surface area (TPSA) is 54.5 Å². The monoisotopic (exact) mass is 298 g/mol. The van der Waals surface area contributed by atoms with Crippen molar-refractivity contribution in [2.75, 3.05) is 0 Å². The fourth-order valence-electron chi connectivity index (χ4n) is 1.78. The average molecular weight is 299 g/mol. The van der Waals surface area contributed by atoms with Gasteiger partial charge in [-0.1, -0.05) is 23.7 Å². The second-order valence-electron chi connectivity index (χ2n) is 4.03. The molecule has 2 aromatic heterocycles. The predicted molar refractivity (Wildman–Crippen MR) is 67.1 cm³/mol. The summed E-state index contributed by atoms with van der Waals surface area (Å²) in [5.74, 6) is 0.258. The minimum Gasteiger partial charge on any atom is -0.334 e. The zero-order valence-corrected chi connectivity index (χ0v) is 10.5. The summed E-state index contributed by atoms with van der Waals surface area (Å²) in [6.07, 6.45) is -3.17. The molecule has 1 N–H and O–H groups in total. The number of fused-ring (bicyclic) bond motifs is 1. The van der Waals surface area contributed by atoms with Gasteiger partial charge in [0, 0.05) is 5.56 Å². The lowest BCUT2D eigenvalue weighted by Crippen LogP contribution is -2.04. The van der Waals surface area contributed by atoms with E-state index in [4.69, 9.17) is 11.6 Å². The van der Waals surface area contributed by atoms with Crippen LogP contribution in [0.2, 0.25) is 5.15 Å². The Morgan fingerprint density at radius 2 is 1.95 bits per heavy atom. The van der Waals surface area contributed by atoms with E-state index < -0.39 is 11.7 Å². The number of alkyl halides is 3. The van der Waals surface area contributed by atoms with Crippen LogP contribution in [0.15, 0.2) is 30.6 Å². The van der Waals surface area contributed by atoms with Gasteiger partial charge in [0.25, 0.3) is 0 Å². The van der Waals surface area contributed by atoms with Crippen LogP contribution in [0.4, 0.5) is 13.2 Å². The van der Waals surface area contributed by atoms with Crippen LogP contribution in [-0.4, -0.2) is 19.9 Å². The molecular formula is C12H6ClF3N4. The second-order valence-corrected chi connectivity index (χ2v) is 4.39. The van der Waals surface area contributed by atoms with Gasteiger partial charge in [0.1, 0.15) is 17.7 Å². The maximum Gasteiger partial charge on any atom is 0.416 e. The van der Waals surface area contributed by atoms with Gasteiger partial charge in [-0.3, -0.25) is 0 Å². The van der Waals surface area contributed by atoms with Crippen LogP contribution >= 0.6 is 11.6 Å². The third-order valence-corrected chi connectivity index (χ3v) is 2.99. The molecule has 4 nitrogen and oxygen atoms in total. The van der Waals surface area contributed by atoms with Gasteiger partial charge >= 0.3 is 6.18 Å². The molecule has 0 radical (unpaired) electrons. The zero-order valence-electron chi connectivity index (χ0n) is 9.74. The first-order valence-corrected chi connectivity index (χ1v) is 5.87. The number of halogens is 4. The van der Waals surface area contributed by atoms with Crippen molar-refractivity contribution < 1.29 is 13.2 Å². The van der Waals surface area contributed by atoms with Crippen molar-refractivity contribution >= 4 is 22.8 Å². The molecule has 0 atom stereocenters. The standard InChI is InChI=1S/C12H6ClF3N4/c13-9-8-11(18-5-17-9)20-10(19-8)6-2-1-3-7(4-6)12(14,15)16/h1-5H,(H,17,18,19,20). The van der Waals surface area contributed by atoms with Gasteiger partial charge in [-0.15, -0.1) is 0 Å². The maximum absolute atomic E-state index is 12.7. The van der Waals surface area contributed by atoms with E-state index in [1.54, 1.807) is 0 Å². The van der Waals surface area contributed by atoms with Crippen LogP contribution in [0.5, 0.6) is 0 Å². The summed E-state index contributed by atoms with van der Waals surface area (Å²) in [6, 6.07) is 4.85. The number of benzene rings is 1. The van der Waals surface area contributed by atoms with Gasteiger partial charge in [-0.25, -0.2) is 15.0 Å². The highest BCUT2D eigenvalue weighted by molar-refractivity contribution is 6.33. The number of nitrogens with one attached hydrogen (secondary N) is 1. The normalized spacial score (nSPS) is 12.0. The molecule has 3 rings (SSSR count). The number of imidazole rings is 1. The molecule has 0 aliphatic rings. The summed E-state index contributed by atoms with van der Waals surface area (Å²) >= 11 is 5.86. The van der Waals surface area contributed by atoms with Crippen molar-refractivity contribution in [3.8, 4) is 11.4 Å². The van der Waals surface area contributed by atoms with Crippen LogP contribution in [0, 0.1) is 0 Å². The van der Waals surface area contributed by atoms with E-state index >= 15 is 0 Å². The fraction of sp³-hybridized carbons (Fsp3) is 0.0833. The molecule has 20 heavy (non-hydrogen) atoms. The largest absolute Gasteiger partial charge is 0.416 e. The number of hydrogen-bond donors (Lipinski definition) is 1. The summed E-state index contributed by atoms with van der Waals surface area (Å²) < 4.78 is 38.0. The summed E-state index contributed by atoms with van der Waals surface area (Å²) in [6.45, 7) is 0. The minimum atomic E-state index is -4.40. The Bertz CT molecular complexity index is 782. The molecule has 3 aromatic rings. The molecule has 0 fully saturated rings. The van der Waals surface area contributed by atoms with Gasteiger partial charge < -0.3 is 4.98 Å². The molecule has 0 spiro atoms. The van der Waals surface area contributed by atoms with Crippen molar-refractivity contribution in [1.29, 1.82) is 0 Å². The van der Waals surface area contributed by atoms with E-state index in [0.29, 0.717) is 16.7 Å². The number of aromatic amines is 1. The summed E-state index contributed by atoms with van der Waals surface area (Å²) in [4.78, 5) is 14.6. The summed E-state index contributed by atoms with van der Waals surface area (Å²) in [5, 5.41) is 0.167. The molecule has 0 saturated heterocycles. The van der Waals surface area contributed by atoms with Crippen molar-refractivity contribution in [3.63, 3.8) is 0 Å². The van der Waals surface area contributed by atoms with E-state index in [0.717, 1.165) is 12.1 Å². The van der Waals surface area contributed by atoms with Crippen LogP contribution in [0.1, 0.15) is 5.56 Å². The average Bonchev–Trinajstić information content (AvgIpc) is 2.83. The van der Waals surface area contributed by atoms with Crippen LogP contribution in [0.3, 0.4) is 0 Å². The maximum atomic E-state index is 12.7. The first-order valence-electron chi connectivity index (χ1n) is 5.49. The van der Waals surface area contributed by atoms with Gasteiger partial charge in [0.05, 0.1) is 5.56 Å². The molecule has 1 aromatic carbocycles. The highest BCUT2D eigenvalue weighted by Gasteiger charge is 2.30. The van der Waals surface area contributed by atoms with Crippen molar-refractivity contribution in [2.45, 2.75) is 6.18 Å². The lowest BCUT2D eigenvalue weighted by atomic mass is 10.1. The SMILES string of the molecule is FC(F)(F)c1cccc(-c2nc3ncnc(Cl)c3[nH]2)c1. The Morgan fingerprint density at radius 1 is 1.15 bits per heavy atom. The molecule has 102 valence electrons. The molecule has 0 unspecified atom stereocenters. The third kappa shape index (κ3) is 2.20. The molecule has 2 heterocycles. The highest BCUT2D eigenvalue weighted by Crippen LogP contribution is 2.32. The smallest absolute Gasteiger partial charge is 0.334 e. The molecular weight excluding hydrogens is 293 g/mol. The Kier molecular flexibility index (Phi) is 2.86. The molecule has 0 saturated carbocycles. The first kappa shape index (κ1) is 12.9. The van der Waals surface area contributed by atoms with Gasteiger partial charge in [0.2, 0.25) is 0 Å². The molecule has 0 aliphatic carbocycles. The second kappa shape index (κ2) is 4.45. The molecule has 0 amide bonds. The first-order chi connectivity index (χ1) is 9.45. The van der Waals surface area contributed by atoms with Crippen LogP contribution in [0.25, 0.3) is 22.6 Å². The van der Waals surface area contributed by atoms with E-state index in [-0.39, 0.29) is 11.0 Å².